The maximum atomic E-state index is 11.8. The summed E-state index contributed by atoms with van der Waals surface area (Å²) in [6, 6.07) is 1.57. The van der Waals surface area contributed by atoms with E-state index in [0.717, 1.165) is 25.7 Å². The van der Waals surface area contributed by atoms with Gasteiger partial charge in [-0.25, -0.2) is 0 Å². The zero-order valence-electron chi connectivity index (χ0n) is 11.7. The molecule has 1 atom stereocenters. The highest BCUT2D eigenvalue weighted by Gasteiger charge is 2.35. The normalized spacial score (nSPS) is 18.1. The lowest BCUT2D eigenvalue weighted by atomic mass is 10.0. The number of nitrogens with one attached hydrogen (secondary N) is 1. The van der Waals surface area contributed by atoms with Gasteiger partial charge < -0.3 is 15.8 Å². The van der Waals surface area contributed by atoms with Gasteiger partial charge in [0.15, 0.2) is 0 Å². The molecule has 0 aromatic heterocycles. The van der Waals surface area contributed by atoms with E-state index in [0.29, 0.717) is 12.2 Å². The molecule has 0 bridgehead atoms. The zero-order chi connectivity index (χ0) is 15.0. The summed E-state index contributed by atoms with van der Waals surface area (Å²) in [5.41, 5.74) is 4.92. The molecule has 1 unspecified atom stereocenters. The predicted octanol–water partition coefficient (Wildman–Crippen LogP) is 0.563. The number of nitrogens with two attached hydrogens (primary N) is 1. The molecule has 0 spiro atoms. The Labute approximate surface area is 123 Å². The zero-order valence-corrected chi connectivity index (χ0v) is 12.5. The van der Waals surface area contributed by atoms with E-state index in [1.165, 1.54) is 18.9 Å². The van der Waals surface area contributed by atoms with Gasteiger partial charge in [0.2, 0.25) is 5.91 Å². The second-order valence-electron chi connectivity index (χ2n) is 4.92. The fourth-order valence-electron chi connectivity index (χ4n) is 2.19. The second-order valence-corrected chi connectivity index (χ2v) is 6.03. The van der Waals surface area contributed by atoms with E-state index in [9.17, 15) is 9.59 Å². The molecule has 1 aliphatic rings. The number of hydrogen-bond acceptors (Lipinski definition) is 6. The third-order valence-corrected chi connectivity index (χ3v) is 4.35. The van der Waals surface area contributed by atoms with E-state index in [1.54, 1.807) is 0 Å². The number of esters is 1. The Morgan fingerprint density at radius 3 is 2.70 bits per heavy atom. The molecule has 0 radical (unpaired) electrons. The molecule has 0 aromatic carbocycles. The molecule has 0 aromatic rings. The van der Waals surface area contributed by atoms with Crippen molar-refractivity contribution in [2.45, 2.75) is 43.7 Å². The van der Waals surface area contributed by atoms with Gasteiger partial charge in [0, 0.05) is 0 Å². The Balaban J connectivity index is 2.21. The van der Waals surface area contributed by atoms with Gasteiger partial charge in [-0.05, 0) is 37.9 Å². The summed E-state index contributed by atoms with van der Waals surface area (Å²) in [6.07, 6.45) is 3.89. The van der Waals surface area contributed by atoms with Gasteiger partial charge >= 0.3 is 5.97 Å². The second kappa shape index (κ2) is 8.12. The number of carbonyl (C=O) groups is 2. The minimum Gasteiger partial charge on any atom is -0.468 e. The van der Waals surface area contributed by atoms with E-state index in [2.05, 4.69) is 16.1 Å². The summed E-state index contributed by atoms with van der Waals surface area (Å²) in [7, 11) is 1.30. The molecule has 0 aliphatic heterocycles. The van der Waals surface area contributed by atoms with Gasteiger partial charge in [-0.2, -0.15) is 17.0 Å². The van der Waals surface area contributed by atoms with Crippen molar-refractivity contribution in [3.8, 4) is 6.07 Å². The topological polar surface area (TPSA) is 105 Å². The Morgan fingerprint density at radius 1 is 1.50 bits per heavy atom. The molecule has 7 heteroatoms. The van der Waals surface area contributed by atoms with Crippen LogP contribution in [0.3, 0.4) is 0 Å². The third-order valence-electron chi connectivity index (χ3n) is 3.36. The fraction of sp³-hybridized carbons (Fsp3) is 0.769. The lowest BCUT2D eigenvalue weighted by molar-refractivity contribution is -0.142. The largest absolute Gasteiger partial charge is 0.468 e. The maximum absolute atomic E-state index is 11.8. The highest BCUT2D eigenvalue weighted by atomic mass is 32.2. The van der Waals surface area contributed by atoms with Crippen LogP contribution in [0.2, 0.25) is 0 Å². The number of carbonyl (C=O) groups excluding carboxylic acids is 2. The fourth-order valence-corrected chi connectivity index (χ4v) is 3.01. The number of ether oxygens (including phenoxy) is 1. The number of amides is 1. The molecule has 1 aliphatic carbocycles. The van der Waals surface area contributed by atoms with E-state index in [1.807, 2.05) is 0 Å². The number of nitrogens with zero attached hydrogens (tertiary/aromatic N) is 1. The summed E-state index contributed by atoms with van der Waals surface area (Å²) >= 11 is 1.40. The molecule has 20 heavy (non-hydrogen) atoms. The van der Waals surface area contributed by atoms with Gasteiger partial charge in [-0.15, -0.1) is 0 Å². The molecule has 1 fully saturated rings. The van der Waals surface area contributed by atoms with Crippen LogP contribution in [0.1, 0.15) is 32.1 Å². The van der Waals surface area contributed by atoms with Crippen LogP contribution in [0.4, 0.5) is 0 Å². The Kier molecular flexibility index (Phi) is 6.82. The average Bonchev–Trinajstić information content (AvgIpc) is 2.91. The molecule has 0 saturated heterocycles. The van der Waals surface area contributed by atoms with Crippen LogP contribution >= 0.6 is 11.8 Å². The van der Waals surface area contributed by atoms with Gasteiger partial charge in [0.05, 0.1) is 18.9 Å². The van der Waals surface area contributed by atoms with Crippen LogP contribution < -0.4 is 11.1 Å². The Morgan fingerprint density at radius 2 is 2.15 bits per heavy atom. The van der Waals surface area contributed by atoms with Gasteiger partial charge in [0.25, 0.3) is 0 Å². The molecule has 1 amide bonds. The van der Waals surface area contributed by atoms with Crippen molar-refractivity contribution in [3.05, 3.63) is 0 Å². The molecular weight excluding hydrogens is 278 g/mol. The van der Waals surface area contributed by atoms with Crippen LogP contribution in [0.5, 0.6) is 0 Å². The van der Waals surface area contributed by atoms with Crippen molar-refractivity contribution in [2.24, 2.45) is 5.73 Å². The first kappa shape index (κ1) is 16.8. The predicted molar refractivity (Wildman–Crippen MR) is 76.9 cm³/mol. The number of nitriles is 1. The lowest BCUT2D eigenvalue weighted by Gasteiger charge is -2.21. The van der Waals surface area contributed by atoms with Crippen LogP contribution in [-0.2, 0) is 14.3 Å². The van der Waals surface area contributed by atoms with Gasteiger partial charge in [0.1, 0.15) is 11.6 Å². The van der Waals surface area contributed by atoms with Crippen LogP contribution in [-0.4, -0.2) is 42.1 Å². The molecule has 112 valence electrons. The SMILES string of the molecule is COC(=O)C(N)CCSCC(=O)NC1(C#N)CCCC1. The first-order valence-electron chi connectivity index (χ1n) is 6.66. The van der Waals surface area contributed by atoms with Crippen LogP contribution in [0, 0.1) is 11.3 Å². The van der Waals surface area contributed by atoms with Crippen molar-refractivity contribution in [3.63, 3.8) is 0 Å². The summed E-state index contributed by atoms with van der Waals surface area (Å²) in [4.78, 5) is 22.9. The van der Waals surface area contributed by atoms with Crippen LogP contribution in [0.25, 0.3) is 0 Å². The van der Waals surface area contributed by atoms with E-state index >= 15 is 0 Å². The first-order chi connectivity index (χ1) is 9.53. The monoisotopic (exact) mass is 299 g/mol. The molecule has 0 heterocycles. The van der Waals surface area contributed by atoms with Crippen molar-refractivity contribution < 1.29 is 14.3 Å². The van der Waals surface area contributed by atoms with E-state index in [4.69, 9.17) is 11.0 Å². The van der Waals surface area contributed by atoms with Crippen molar-refractivity contribution >= 4 is 23.6 Å². The molecule has 3 N–H and O–H groups in total. The summed E-state index contributed by atoms with van der Waals surface area (Å²) in [5.74, 6) is 0.301. The van der Waals surface area contributed by atoms with Crippen molar-refractivity contribution in [1.29, 1.82) is 5.26 Å². The summed E-state index contributed by atoms with van der Waals surface area (Å²) < 4.78 is 4.52. The lowest BCUT2D eigenvalue weighted by Crippen LogP contribution is -2.45. The van der Waals surface area contributed by atoms with Gasteiger partial charge in [-0.1, -0.05) is 0 Å². The highest BCUT2D eigenvalue weighted by Crippen LogP contribution is 2.28. The van der Waals surface area contributed by atoms with Crippen molar-refractivity contribution in [2.75, 3.05) is 18.6 Å². The highest BCUT2D eigenvalue weighted by molar-refractivity contribution is 7.99. The Hall–Kier alpha value is -1.26. The minimum absolute atomic E-state index is 0.134. The Bertz CT molecular complexity index is 389. The standard InChI is InChI=1S/C13H21N3O3S/c1-19-12(18)10(15)4-7-20-8-11(17)16-13(9-14)5-2-3-6-13/h10H,2-8,15H2,1H3,(H,16,17). The number of thioether (sulfide) groups is 1. The average molecular weight is 299 g/mol. The molecular formula is C13H21N3O3S. The number of hydrogen-bond donors (Lipinski definition) is 2. The smallest absolute Gasteiger partial charge is 0.322 e. The quantitative estimate of drug-likeness (QED) is 0.526. The molecule has 6 nitrogen and oxygen atoms in total. The molecule has 1 saturated carbocycles. The first-order valence-corrected chi connectivity index (χ1v) is 7.82. The number of methoxy groups -OCH3 is 1. The minimum atomic E-state index is -0.667. The number of rotatable bonds is 7. The van der Waals surface area contributed by atoms with Crippen LogP contribution in [0.15, 0.2) is 0 Å². The van der Waals surface area contributed by atoms with Crippen molar-refractivity contribution in [1.82, 2.24) is 5.32 Å². The summed E-state index contributed by atoms with van der Waals surface area (Å²) in [5, 5.41) is 12.0. The third kappa shape index (κ3) is 5.02. The van der Waals surface area contributed by atoms with E-state index in [-0.39, 0.29) is 11.7 Å². The summed E-state index contributed by atoms with van der Waals surface area (Å²) in [6.45, 7) is 0. The molecule has 1 rings (SSSR count). The van der Waals surface area contributed by atoms with Gasteiger partial charge in [-0.3, -0.25) is 9.59 Å². The van der Waals surface area contributed by atoms with E-state index < -0.39 is 17.6 Å². The maximum Gasteiger partial charge on any atom is 0.322 e.